The lowest BCUT2D eigenvalue weighted by atomic mass is 10.3. The number of anilines is 2. The van der Waals surface area contributed by atoms with Crippen molar-refractivity contribution >= 4 is 61.4 Å². The number of nitrogens with zero attached hydrogens (tertiary/aromatic N) is 3. The highest BCUT2D eigenvalue weighted by atomic mass is 35.5. The molecular formula is C13H15ClN4O3S3. The summed E-state index contributed by atoms with van der Waals surface area (Å²) in [7, 11) is -3.65. The summed E-state index contributed by atoms with van der Waals surface area (Å²) in [6.45, 7) is 1.61. The van der Waals surface area contributed by atoms with E-state index in [2.05, 4.69) is 15.5 Å². The zero-order valence-corrected chi connectivity index (χ0v) is 16.1. The van der Waals surface area contributed by atoms with E-state index < -0.39 is 15.9 Å². The van der Waals surface area contributed by atoms with E-state index in [1.54, 1.807) is 18.2 Å². The van der Waals surface area contributed by atoms with Gasteiger partial charge in [-0.3, -0.25) is 14.4 Å². The van der Waals surface area contributed by atoms with Crippen LogP contribution in [0.3, 0.4) is 0 Å². The Bertz CT molecular complexity index is 825. The van der Waals surface area contributed by atoms with Crippen LogP contribution in [0.5, 0.6) is 0 Å². The lowest BCUT2D eigenvalue weighted by molar-refractivity contribution is -0.114. The van der Waals surface area contributed by atoms with Crippen molar-refractivity contribution in [1.82, 2.24) is 10.2 Å². The van der Waals surface area contributed by atoms with E-state index in [0.29, 0.717) is 15.8 Å². The van der Waals surface area contributed by atoms with E-state index in [9.17, 15) is 13.2 Å². The third-order valence-electron chi connectivity index (χ3n) is 2.70. The SMILES string of the molecule is CCSc1nnc(NC(=O)CN(c2cccc(Cl)c2)S(C)(=O)=O)s1. The summed E-state index contributed by atoms with van der Waals surface area (Å²) in [6, 6.07) is 6.30. The van der Waals surface area contributed by atoms with Crippen LogP contribution in [0.4, 0.5) is 10.8 Å². The normalized spacial score (nSPS) is 11.3. The lowest BCUT2D eigenvalue weighted by Gasteiger charge is -2.21. The van der Waals surface area contributed by atoms with E-state index in [1.807, 2.05) is 6.92 Å². The minimum atomic E-state index is -3.65. The van der Waals surface area contributed by atoms with Gasteiger partial charge in [-0.05, 0) is 24.0 Å². The molecule has 0 atom stereocenters. The molecule has 7 nitrogen and oxygen atoms in total. The number of hydrogen-bond donors (Lipinski definition) is 1. The lowest BCUT2D eigenvalue weighted by Crippen LogP contribution is -2.37. The fourth-order valence-electron chi connectivity index (χ4n) is 1.76. The van der Waals surface area contributed by atoms with E-state index in [0.717, 1.165) is 20.7 Å². The predicted octanol–water partition coefficient (Wildman–Crippen LogP) is 2.71. The van der Waals surface area contributed by atoms with E-state index in [-0.39, 0.29) is 6.54 Å². The Morgan fingerprint density at radius 2 is 2.17 bits per heavy atom. The first-order valence-corrected chi connectivity index (χ1v) is 10.8. The average molecular weight is 407 g/mol. The van der Waals surface area contributed by atoms with E-state index in [4.69, 9.17) is 11.6 Å². The number of carbonyl (C=O) groups is 1. The third kappa shape index (κ3) is 5.33. The van der Waals surface area contributed by atoms with Crippen molar-refractivity contribution in [3.05, 3.63) is 29.3 Å². The number of carbonyl (C=O) groups excluding carboxylic acids is 1. The molecule has 1 N–H and O–H groups in total. The maximum absolute atomic E-state index is 12.2. The summed E-state index contributed by atoms with van der Waals surface area (Å²) in [5, 5.41) is 11.1. The van der Waals surface area contributed by atoms with Crippen LogP contribution in [-0.2, 0) is 14.8 Å². The monoisotopic (exact) mass is 406 g/mol. The molecule has 0 saturated heterocycles. The van der Waals surface area contributed by atoms with Gasteiger partial charge in [-0.2, -0.15) is 0 Å². The fourth-order valence-corrected chi connectivity index (χ4v) is 4.46. The van der Waals surface area contributed by atoms with Gasteiger partial charge in [0.05, 0.1) is 11.9 Å². The second-order valence-electron chi connectivity index (χ2n) is 4.60. The van der Waals surface area contributed by atoms with Gasteiger partial charge < -0.3 is 0 Å². The molecule has 11 heteroatoms. The van der Waals surface area contributed by atoms with Gasteiger partial charge in [0.25, 0.3) is 0 Å². The number of amides is 1. The topological polar surface area (TPSA) is 92.3 Å². The van der Waals surface area contributed by atoms with Crippen LogP contribution in [0.25, 0.3) is 0 Å². The minimum Gasteiger partial charge on any atom is -0.299 e. The van der Waals surface area contributed by atoms with Crippen LogP contribution in [0.2, 0.25) is 5.02 Å². The number of halogens is 1. The number of thioether (sulfide) groups is 1. The summed E-state index contributed by atoms with van der Waals surface area (Å²) >= 11 is 8.65. The zero-order chi connectivity index (χ0) is 17.7. The Balaban J connectivity index is 2.13. The maximum Gasteiger partial charge on any atom is 0.246 e. The maximum atomic E-state index is 12.2. The molecule has 0 aliphatic rings. The third-order valence-corrected chi connectivity index (χ3v) is 5.93. The molecule has 24 heavy (non-hydrogen) atoms. The molecule has 1 heterocycles. The minimum absolute atomic E-state index is 0.319. The molecule has 1 aromatic heterocycles. The van der Waals surface area contributed by atoms with Gasteiger partial charge in [0.15, 0.2) is 4.34 Å². The van der Waals surface area contributed by atoms with Gasteiger partial charge in [-0.1, -0.05) is 47.7 Å². The molecule has 2 aromatic rings. The molecule has 1 amide bonds. The summed E-state index contributed by atoms with van der Waals surface area (Å²) in [6.07, 6.45) is 1.03. The smallest absolute Gasteiger partial charge is 0.246 e. The highest BCUT2D eigenvalue weighted by Crippen LogP contribution is 2.25. The van der Waals surface area contributed by atoms with Crippen LogP contribution in [-0.4, -0.2) is 43.1 Å². The van der Waals surface area contributed by atoms with Crippen LogP contribution in [0.1, 0.15) is 6.92 Å². The van der Waals surface area contributed by atoms with E-state index in [1.165, 1.54) is 29.2 Å². The largest absolute Gasteiger partial charge is 0.299 e. The number of aromatic nitrogens is 2. The van der Waals surface area contributed by atoms with Gasteiger partial charge in [0.2, 0.25) is 21.1 Å². The number of rotatable bonds is 7. The second kappa shape index (κ2) is 8.15. The molecule has 0 spiro atoms. The molecule has 130 valence electrons. The van der Waals surface area contributed by atoms with Gasteiger partial charge in [0.1, 0.15) is 6.54 Å². The van der Waals surface area contributed by atoms with Gasteiger partial charge >= 0.3 is 0 Å². The Morgan fingerprint density at radius 3 is 2.79 bits per heavy atom. The first-order chi connectivity index (χ1) is 11.3. The number of benzene rings is 1. The Hall–Kier alpha value is -1.36. The van der Waals surface area contributed by atoms with Crippen molar-refractivity contribution in [3.8, 4) is 0 Å². The van der Waals surface area contributed by atoms with Crippen molar-refractivity contribution in [2.45, 2.75) is 11.3 Å². The van der Waals surface area contributed by atoms with Gasteiger partial charge in [-0.25, -0.2) is 8.42 Å². The molecular weight excluding hydrogens is 392 g/mol. The number of sulfonamides is 1. The van der Waals surface area contributed by atoms with Gasteiger partial charge in [-0.15, -0.1) is 10.2 Å². The van der Waals surface area contributed by atoms with Crippen molar-refractivity contribution in [3.63, 3.8) is 0 Å². The van der Waals surface area contributed by atoms with Crippen LogP contribution >= 0.6 is 34.7 Å². The van der Waals surface area contributed by atoms with Crippen molar-refractivity contribution in [2.24, 2.45) is 0 Å². The highest BCUT2D eigenvalue weighted by Gasteiger charge is 2.21. The number of nitrogens with one attached hydrogen (secondary N) is 1. The molecule has 0 saturated carbocycles. The quantitative estimate of drug-likeness (QED) is 0.561. The molecule has 0 bridgehead atoms. The first kappa shape index (κ1) is 19.0. The average Bonchev–Trinajstić information content (AvgIpc) is 2.91. The van der Waals surface area contributed by atoms with Crippen molar-refractivity contribution in [2.75, 3.05) is 28.2 Å². The standard InChI is InChI=1S/C13H15ClN4O3S3/c1-3-22-13-17-16-12(23-13)15-11(19)8-18(24(2,20)21)10-6-4-5-9(14)7-10/h4-7H,3,8H2,1-2H3,(H,15,16,19). The van der Waals surface area contributed by atoms with Crippen LogP contribution < -0.4 is 9.62 Å². The van der Waals surface area contributed by atoms with Gasteiger partial charge in [0, 0.05) is 5.02 Å². The summed E-state index contributed by atoms with van der Waals surface area (Å²) in [4.78, 5) is 12.2. The van der Waals surface area contributed by atoms with Crippen LogP contribution in [0.15, 0.2) is 28.6 Å². The Labute approximate surface area is 153 Å². The molecule has 0 unspecified atom stereocenters. The van der Waals surface area contributed by atoms with Crippen molar-refractivity contribution in [1.29, 1.82) is 0 Å². The molecule has 0 aliphatic carbocycles. The Kier molecular flexibility index (Phi) is 6.44. The zero-order valence-electron chi connectivity index (χ0n) is 12.9. The molecule has 0 fully saturated rings. The fraction of sp³-hybridized carbons (Fsp3) is 0.308. The summed E-state index contributed by atoms with van der Waals surface area (Å²) in [5.41, 5.74) is 0.319. The molecule has 2 rings (SSSR count). The second-order valence-corrected chi connectivity index (χ2v) is 9.44. The summed E-state index contributed by atoms with van der Waals surface area (Å²) < 4.78 is 25.7. The van der Waals surface area contributed by atoms with E-state index >= 15 is 0 Å². The van der Waals surface area contributed by atoms with Crippen LogP contribution in [0, 0.1) is 0 Å². The molecule has 1 aromatic carbocycles. The Morgan fingerprint density at radius 1 is 1.42 bits per heavy atom. The predicted molar refractivity (Wildman–Crippen MR) is 98.6 cm³/mol. The summed E-state index contributed by atoms with van der Waals surface area (Å²) in [5.74, 6) is 0.337. The first-order valence-electron chi connectivity index (χ1n) is 6.79. The molecule has 0 radical (unpaired) electrons. The molecule has 0 aliphatic heterocycles. The van der Waals surface area contributed by atoms with Crippen molar-refractivity contribution < 1.29 is 13.2 Å². The number of hydrogen-bond acceptors (Lipinski definition) is 7. The highest BCUT2D eigenvalue weighted by molar-refractivity contribution is 8.01.